The van der Waals surface area contributed by atoms with Gasteiger partial charge in [-0.15, -0.1) is 0 Å². The van der Waals surface area contributed by atoms with Crippen LogP contribution in [-0.2, 0) is 9.59 Å². The van der Waals surface area contributed by atoms with Gasteiger partial charge in [-0.1, -0.05) is 36.4 Å². The number of carbonyl (C=O) groups is 3. The largest absolute Gasteiger partial charge is 0.322 e. The molecule has 5 nitrogen and oxygen atoms in total. The highest BCUT2D eigenvalue weighted by atomic mass is 16.2. The van der Waals surface area contributed by atoms with Crippen LogP contribution in [-0.4, -0.2) is 17.7 Å². The van der Waals surface area contributed by atoms with E-state index in [2.05, 4.69) is 17.5 Å². The molecule has 3 amide bonds. The summed E-state index contributed by atoms with van der Waals surface area (Å²) in [5.41, 5.74) is 3.69. The number of imide groups is 1. The molecule has 5 heteroatoms. The molecule has 1 heterocycles. The molecule has 31 heavy (non-hydrogen) atoms. The van der Waals surface area contributed by atoms with Crippen LogP contribution in [0.25, 0.3) is 0 Å². The van der Waals surface area contributed by atoms with Crippen molar-refractivity contribution in [3.63, 3.8) is 0 Å². The summed E-state index contributed by atoms with van der Waals surface area (Å²) < 4.78 is 0. The molecule has 7 rings (SSSR count). The molecule has 6 atom stereocenters. The lowest BCUT2D eigenvalue weighted by atomic mass is 9.63. The van der Waals surface area contributed by atoms with Gasteiger partial charge in [-0.25, -0.2) is 4.90 Å². The Morgan fingerprint density at radius 3 is 2.10 bits per heavy atom. The number of carbonyl (C=O) groups excluding carboxylic acids is 3. The lowest BCUT2D eigenvalue weighted by Gasteiger charge is -2.37. The predicted molar refractivity (Wildman–Crippen MR) is 118 cm³/mol. The summed E-state index contributed by atoms with van der Waals surface area (Å²) in [6.45, 7) is 3.91. The van der Waals surface area contributed by atoms with Crippen molar-refractivity contribution in [1.29, 1.82) is 0 Å². The van der Waals surface area contributed by atoms with Gasteiger partial charge in [0.2, 0.25) is 11.8 Å². The van der Waals surface area contributed by atoms with Crippen molar-refractivity contribution >= 4 is 29.1 Å². The van der Waals surface area contributed by atoms with Crippen LogP contribution < -0.4 is 10.2 Å². The molecule has 0 aromatic heterocycles. The van der Waals surface area contributed by atoms with Crippen molar-refractivity contribution in [3.8, 4) is 0 Å². The van der Waals surface area contributed by atoms with Crippen molar-refractivity contribution in [2.24, 2.45) is 35.5 Å². The van der Waals surface area contributed by atoms with Crippen LogP contribution in [0, 0.1) is 49.4 Å². The summed E-state index contributed by atoms with van der Waals surface area (Å²) in [6, 6.07) is 12.7. The molecule has 2 aromatic rings. The number of allylic oxidation sites excluding steroid dienone is 2. The standard InChI is InChI=1S/C26H24N2O3/c1-13-5-3-6-14(2)23(13)27-24(29)15-7-4-8-16(11-15)28-25(30)21-17-9-10-18(20-12-19(17)20)22(21)26(28)31/h3-11,17-22H,12H2,1-2H3,(H,27,29). The Morgan fingerprint density at radius 1 is 0.903 bits per heavy atom. The molecule has 0 radical (unpaired) electrons. The van der Waals surface area contributed by atoms with Crippen molar-refractivity contribution < 1.29 is 14.4 Å². The molecular formula is C26H24N2O3. The molecule has 1 aliphatic heterocycles. The topological polar surface area (TPSA) is 66.5 Å². The van der Waals surface area contributed by atoms with E-state index in [1.165, 1.54) is 4.90 Å². The van der Waals surface area contributed by atoms with Gasteiger partial charge in [-0.2, -0.15) is 0 Å². The first-order chi connectivity index (χ1) is 15.0. The molecule has 4 aliphatic carbocycles. The minimum Gasteiger partial charge on any atom is -0.322 e. The number of amides is 3. The SMILES string of the molecule is Cc1cccc(C)c1NC(=O)c1cccc(N2C(=O)C3C4C=CC(C5CC45)C3C2=O)c1. The predicted octanol–water partition coefficient (Wildman–Crippen LogP) is 4.11. The lowest BCUT2D eigenvalue weighted by molar-refractivity contribution is -0.124. The number of rotatable bonds is 3. The van der Waals surface area contributed by atoms with Crippen LogP contribution >= 0.6 is 0 Å². The summed E-state index contributed by atoms with van der Waals surface area (Å²) in [4.78, 5) is 41.0. The van der Waals surface area contributed by atoms with E-state index in [1.54, 1.807) is 24.3 Å². The Kier molecular flexibility index (Phi) is 3.83. The summed E-state index contributed by atoms with van der Waals surface area (Å²) in [7, 11) is 0. The average molecular weight is 412 g/mol. The normalized spacial score (nSPS) is 32.1. The van der Waals surface area contributed by atoms with Crippen LogP contribution in [0.1, 0.15) is 27.9 Å². The maximum absolute atomic E-state index is 13.3. The molecule has 2 aromatic carbocycles. The first-order valence-electron chi connectivity index (χ1n) is 11.0. The highest BCUT2D eigenvalue weighted by molar-refractivity contribution is 6.23. The maximum Gasteiger partial charge on any atom is 0.255 e. The van der Waals surface area contributed by atoms with Gasteiger partial charge in [0.15, 0.2) is 0 Å². The van der Waals surface area contributed by atoms with Gasteiger partial charge in [-0.05, 0) is 73.3 Å². The van der Waals surface area contributed by atoms with Crippen LogP contribution in [0.3, 0.4) is 0 Å². The Bertz CT molecular complexity index is 1130. The molecule has 2 bridgehead atoms. The molecular weight excluding hydrogens is 388 g/mol. The molecule has 5 aliphatic rings. The molecule has 156 valence electrons. The fourth-order valence-electron chi connectivity index (χ4n) is 6.20. The van der Waals surface area contributed by atoms with Gasteiger partial charge in [0.25, 0.3) is 5.91 Å². The number of anilines is 2. The quantitative estimate of drug-likeness (QED) is 0.609. The van der Waals surface area contributed by atoms with Crippen LogP contribution in [0.2, 0.25) is 0 Å². The van der Waals surface area contributed by atoms with E-state index in [9.17, 15) is 14.4 Å². The number of para-hydroxylation sites is 1. The van der Waals surface area contributed by atoms with Crippen LogP contribution in [0.4, 0.5) is 11.4 Å². The summed E-state index contributed by atoms with van der Waals surface area (Å²) >= 11 is 0. The first kappa shape index (κ1) is 18.6. The summed E-state index contributed by atoms with van der Waals surface area (Å²) in [5.74, 6) is 0.591. The second-order valence-corrected chi connectivity index (χ2v) is 9.44. The van der Waals surface area contributed by atoms with Gasteiger partial charge >= 0.3 is 0 Å². The van der Waals surface area contributed by atoms with E-state index >= 15 is 0 Å². The third kappa shape index (κ3) is 2.59. The van der Waals surface area contributed by atoms with E-state index in [0.29, 0.717) is 23.1 Å². The lowest BCUT2D eigenvalue weighted by Crippen LogP contribution is -2.40. The molecule has 2 saturated carbocycles. The zero-order valence-corrected chi connectivity index (χ0v) is 17.5. The molecule has 6 unspecified atom stereocenters. The van der Waals surface area contributed by atoms with Crippen LogP contribution in [0.15, 0.2) is 54.6 Å². The van der Waals surface area contributed by atoms with Crippen molar-refractivity contribution in [3.05, 3.63) is 71.3 Å². The number of hydrogen-bond acceptors (Lipinski definition) is 3. The number of nitrogens with one attached hydrogen (secondary N) is 1. The van der Waals surface area contributed by atoms with Gasteiger partial charge in [-0.3, -0.25) is 14.4 Å². The number of nitrogens with zero attached hydrogens (tertiary/aromatic N) is 1. The summed E-state index contributed by atoms with van der Waals surface area (Å²) in [6.07, 6.45) is 5.48. The molecule has 1 N–H and O–H groups in total. The third-order valence-corrected chi connectivity index (χ3v) is 7.75. The number of hydrogen-bond donors (Lipinski definition) is 1. The van der Waals surface area contributed by atoms with Gasteiger partial charge < -0.3 is 5.32 Å². The van der Waals surface area contributed by atoms with Gasteiger partial charge in [0.1, 0.15) is 0 Å². The number of benzene rings is 2. The van der Waals surface area contributed by atoms with E-state index in [0.717, 1.165) is 23.2 Å². The fraction of sp³-hybridized carbons (Fsp3) is 0.346. The molecule has 0 spiro atoms. The third-order valence-electron chi connectivity index (χ3n) is 7.75. The van der Waals surface area contributed by atoms with E-state index in [1.807, 2.05) is 32.0 Å². The molecule has 1 saturated heterocycles. The van der Waals surface area contributed by atoms with E-state index in [4.69, 9.17) is 0 Å². The zero-order valence-electron chi connectivity index (χ0n) is 17.5. The highest BCUT2D eigenvalue weighted by Crippen LogP contribution is 2.65. The molecule has 3 fully saturated rings. The Morgan fingerprint density at radius 2 is 1.48 bits per heavy atom. The first-order valence-corrected chi connectivity index (χ1v) is 11.0. The fourth-order valence-corrected chi connectivity index (χ4v) is 6.20. The van der Waals surface area contributed by atoms with Crippen LogP contribution in [0.5, 0.6) is 0 Å². The van der Waals surface area contributed by atoms with Crippen molar-refractivity contribution in [1.82, 2.24) is 0 Å². The smallest absolute Gasteiger partial charge is 0.255 e. The zero-order chi connectivity index (χ0) is 21.4. The van der Waals surface area contributed by atoms with Gasteiger partial charge in [0.05, 0.1) is 17.5 Å². The second-order valence-electron chi connectivity index (χ2n) is 9.44. The Labute approximate surface area is 181 Å². The monoisotopic (exact) mass is 412 g/mol. The summed E-state index contributed by atoms with van der Waals surface area (Å²) in [5, 5.41) is 2.98. The minimum absolute atomic E-state index is 0.105. The Balaban J connectivity index is 1.30. The van der Waals surface area contributed by atoms with Crippen molar-refractivity contribution in [2.45, 2.75) is 20.3 Å². The minimum atomic E-state index is -0.251. The average Bonchev–Trinajstić information content (AvgIpc) is 3.54. The second kappa shape index (κ2) is 6.39. The highest BCUT2D eigenvalue weighted by Gasteiger charge is 2.67. The van der Waals surface area contributed by atoms with E-state index < -0.39 is 0 Å². The van der Waals surface area contributed by atoms with Gasteiger partial charge in [0, 0.05) is 11.3 Å². The van der Waals surface area contributed by atoms with E-state index in [-0.39, 0.29) is 41.4 Å². The maximum atomic E-state index is 13.3. The number of aryl methyl sites for hydroxylation is 2. The Hall–Kier alpha value is -3.21. The van der Waals surface area contributed by atoms with Crippen molar-refractivity contribution in [2.75, 3.05) is 10.2 Å².